The number of rotatable bonds is 6. The molecule has 0 N–H and O–H groups in total. The highest BCUT2D eigenvalue weighted by atomic mass is 16.6. The molecule has 0 spiro atoms. The highest BCUT2D eigenvalue weighted by Crippen LogP contribution is 2.31. The van der Waals surface area contributed by atoms with E-state index in [9.17, 15) is 14.9 Å². The van der Waals surface area contributed by atoms with Crippen molar-refractivity contribution in [2.75, 3.05) is 6.61 Å². The fraction of sp³-hybridized carbons (Fsp3) is 0.462. The van der Waals surface area contributed by atoms with Gasteiger partial charge in [-0.1, -0.05) is 19.9 Å². The van der Waals surface area contributed by atoms with Crippen molar-refractivity contribution in [3.63, 3.8) is 0 Å². The van der Waals surface area contributed by atoms with Crippen LogP contribution in [0.3, 0.4) is 0 Å². The van der Waals surface area contributed by atoms with Crippen molar-refractivity contribution in [1.29, 1.82) is 0 Å². The number of carbonyl (C=O) groups excluding carboxylic acids is 1. The first kappa shape index (κ1) is 14.2. The first-order valence-corrected chi connectivity index (χ1v) is 5.89. The van der Waals surface area contributed by atoms with E-state index in [0.29, 0.717) is 6.61 Å². The Balaban J connectivity index is 3.12. The molecule has 0 heterocycles. The van der Waals surface area contributed by atoms with E-state index in [1.165, 1.54) is 13.0 Å². The zero-order chi connectivity index (χ0) is 13.7. The molecule has 1 aromatic rings. The Labute approximate surface area is 106 Å². The number of ketones is 1. The number of carbonyl (C=O) groups is 1. The summed E-state index contributed by atoms with van der Waals surface area (Å²) in [6.45, 7) is 5.61. The van der Waals surface area contributed by atoms with Gasteiger partial charge in [-0.25, -0.2) is 0 Å². The summed E-state index contributed by atoms with van der Waals surface area (Å²) in [6.07, 6.45) is 0.768. The summed E-state index contributed by atoms with van der Waals surface area (Å²) >= 11 is 0. The molecule has 1 rings (SSSR count). The molecule has 18 heavy (non-hydrogen) atoms. The molecule has 0 aromatic heterocycles. The van der Waals surface area contributed by atoms with Gasteiger partial charge in [-0.2, -0.15) is 0 Å². The van der Waals surface area contributed by atoms with Crippen LogP contribution in [0, 0.1) is 10.1 Å². The largest absolute Gasteiger partial charge is 0.487 e. The number of Topliss-reactive ketones (excluding diaryl/α,β-unsaturated/α-hetero) is 1. The Morgan fingerprint density at radius 1 is 1.50 bits per heavy atom. The molecule has 0 aliphatic rings. The number of nitrogens with zero attached hydrogens (tertiary/aromatic N) is 1. The van der Waals surface area contributed by atoms with Gasteiger partial charge in [-0.15, -0.1) is 0 Å². The van der Waals surface area contributed by atoms with Gasteiger partial charge in [-0.3, -0.25) is 14.9 Å². The average Bonchev–Trinajstić information content (AvgIpc) is 2.34. The van der Waals surface area contributed by atoms with Crippen LogP contribution in [0.2, 0.25) is 0 Å². The molecule has 0 aliphatic carbocycles. The van der Waals surface area contributed by atoms with Crippen LogP contribution in [-0.4, -0.2) is 17.3 Å². The highest BCUT2D eigenvalue weighted by Gasteiger charge is 2.19. The van der Waals surface area contributed by atoms with Crippen molar-refractivity contribution < 1.29 is 14.5 Å². The molecule has 0 aliphatic heterocycles. The first-order chi connectivity index (χ1) is 8.47. The lowest BCUT2D eigenvalue weighted by molar-refractivity contribution is -0.385. The summed E-state index contributed by atoms with van der Waals surface area (Å²) in [6, 6.07) is 4.57. The summed E-state index contributed by atoms with van der Waals surface area (Å²) in [4.78, 5) is 21.7. The Morgan fingerprint density at radius 3 is 2.67 bits per heavy atom. The highest BCUT2D eigenvalue weighted by molar-refractivity contribution is 5.83. The lowest BCUT2D eigenvalue weighted by atomic mass is 9.97. The predicted octanol–water partition coefficient (Wildman–Crippen LogP) is 3.08. The molecular formula is C13H17NO4. The number of nitro benzene ring substituents is 1. The van der Waals surface area contributed by atoms with Gasteiger partial charge in [0.25, 0.3) is 0 Å². The van der Waals surface area contributed by atoms with Crippen molar-refractivity contribution >= 4 is 11.5 Å². The molecule has 0 radical (unpaired) electrons. The fourth-order valence-electron chi connectivity index (χ4n) is 1.51. The van der Waals surface area contributed by atoms with Gasteiger partial charge in [0.1, 0.15) is 5.78 Å². The third kappa shape index (κ3) is 3.29. The monoisotopic (exact) mass is 251 g/mol. The summed E-state index contributed by atoms with van der Waals surface area (Å²) in [5.74, 6) is -0.0347. The second-order valence-corrected chi connectivity index (χ2v) is 4.17. The van der Waals surface area contributed by atoms with E-state index in [1.807, 2.05) is 6.92 Å². The minimum atomic E-state index is -0.479. The van der Waals surface area contributed by atoms with Crippen molar-refractivity contribution in [2.24, 2.45) is 0 Å². The molecule has 0 fully saturated rings. The van der Waals surface area contributed by atoms with E-state index in [0.717, 1.165) is 12.0 Å². The maximum absolute atomic E-state index is 11.3. The SMILES string of the molecule is CCCOc1cc(C(C)C(C)=O)ccc1[N+](=O)[O-]. The molecule has 1 aromatic carbocycles. The number of ether oxygens (including phenoxy) is 1. The quantitative estimate of drug-likeness (QED) is 0.575. The van der Waals surface area contributed by atoms with Crippen molar-refractivity contribution in [3.8, 4) is 5.75 Å². The molecule has 98 valence electrons. The van der Waals surface area contributed by atoms with E-state index in [-0.39, 0.29) is 23.1 Å². The van der Waals surface area contributed by atoms with Gasteiger partial charge in [0.05, 0.1) is 11.5 Å². The van der Waals surface area contributed by atoms with Crippen LogP contribution in [0.5, 0.6) is 5.75 Å². The van der Waals surface area contributed by atoms with Crippen molar-refractivity contribution in [3.05, 3.63) is 33.9 Å². The molecule has 1 unspecified atom stereocenters. The average molecular weight is 251 g/mol. The summed E-state index contributed by atoms with van der Waals surface area (Å²) in [7, 11) is 0. The molecule has 0 amide bonds. The molecule has 0 saturated carbocycles. The molecule has 5 nitrogen and oxygen atoms in total. The molecule has 0 saturated heterocycles. The van der Waals surface area contributed by atoms with Crippen LogP contribution < -0.4 is 4.74 Å². The van der Waals surface area contributed by atoms with Crippen LogP contribution in [0.15, 0.2) is 18.2 Å². The third-order valence-corrected chi connectivity index (χ3v) is 2.75. The Bertz CT molecular complexity index is 456. The van der Waals surface area contributed by atoms with Crippen LogP contribution in [0.25, 0.3) is 0 Å². The predicted molar refractivity (Wildman–Crippen MR) is 68.0 cm³/mol. The Hall–Kier alpha value is -1.91. The zero-order valence-corrected chi connectivity index (χ0v) is 10.8. The number of hydrogen-bond donors (Lipinski definition) is 0. The second kappa shape index (κ2) is 6.14. The fourth-order valence-corrected chi connectivity index (χ4v) is 1.51. The van der Waals surface area contributed by atoms with Gasteiger partial charge >= 0.3 is 5.69 Å². The normalized spacial score (nSPS) is 11.9. The maximum atomic E-state index is 11.3. The van der Waals surface area contributed by atoms with Crippen LogP contribution >= 0.6 is 0 Å². The molecule has 0 bridgehead atoms. The van der Waals surface area contributed by atoms with Crippen LogP contribution in [0.4, 0.5) is 5.69 Å². The minimum Gasteiger partial charge on any atom is -0.487 e. The number of benzene rings is 1. The minimum absolute atomic E-state index is 0.0188. The lowest BCUT2D eigenvalue weighted by Gasteiger charge is -2.11. The maximum Gasteiger partial charge on any atom is 0.310 e. The van der Waals surface area contributed by atoms with Gasteiger partial charge in [0.2, 0.25) is 0 Å². The summed E-state index contributed by atoms with van der Waals surface area (Å²) in [5.41, 5.74) is 0.669. The van der Waals surface area contributed by atoms with Crippen molar-refractivity contribution in [1.82, 2.24) is 0 Å². The van der Waals surface area contributed by atoms with Gasteiger partial charge in [-0.05, 0) is 25.0 Å². The van der Waals surface area contributed by atoms with Crippen LogP contribution in [0.1, 0.15) is 38.7 Å². The van der Waals surface area contributed by atoms with E-state index in [1.54, 1.807) is 19.1 Å². The molecule has 1 atom stereocenters. The first-order valence-electron chi connectivity index (χ1n) is 5.89. The van der Waals surface area contributed by atoms with Gasteiger partial charge < -0.3 is 4.74 Å². The number of hydrogen-bond acceptors (Lipinski definition) is 4. The topological polar surface area (TPSA) is 69.4 Å². The second-order valence-electron chi connectivity index (χ2n) is 4.17. The Kier molecular flexibility index (Phi) is 4.83. The smallest absolute Gasteiger partial charge is 0.310 e. The molecular weight excluding hydrogens is 234 g/mol. The van der Waals surface area contributed by atoms with Crippen molar-refractivity contribution in [2.45, 2.75) is 33.1 Å². The van der Waals surface area contributed by atoms with Crippen LogP contribution in [-0.2, 0) is 4.79 Å². The van der Waals surface area contributed by atoms with E-state index in [4.69, 9.17) is 4.74 Å². The zero-order valence-electron chi connectivity index (χ0n) is 10.8. The third-order valence-electron chi connectivity index (χ3n) is 2.75. The van der Waals surface area contributed by atoms with E-state index < -0.39 is 4.92 Å². The standard InChI is InChI=1S/C13H17NO4/c1-4-7-18-13-8-11(9(2)10(3)15)5-6-12(13)14(16)17/h5-6,8-9H,4,7H2,1-3H3. The lowest BCUT2D eigenvalue weighted by Crippen LogP contribution is -2.06. The number of nitro groups is 1. The Morgan fingerprint density at radius 2 is 2.17 bits per heavy atom. The van der Waals surface area contributed by atoms with Gasteiger partial charge in [0, 0.05) is 12.0 Å². The summed E-state index contributed by atoms with van der Waals surface area (Å²) in [5, 5.41) is 10.9. The summed E-state index contributed by atoms with van der Waals surface area (Å²) < 4.78 is 5.37. The van der Waals surface area contributed by atoms with E-state index >= 15 is 0 Å². The van der Waals surface area contributed by atoms with E-state index in [2.05, 4.69) is 0 Å². The van der Waals surface area contributed by atoms with Gasteiger partial charge in [0.15, 0.2) is 5.75 Å². The molecule has 5 heteroatoms.